The first-order valence-electron chi connectivity index (χ1n) is 14.1. The van der Waals surface area contributed by atoms with Gasteiger partial charge < -0.3 is 24.2 Å². The highest BCUT2D eigenvalue weighted by molar-refractivity contribution is 5.93. The Balaban J connectivity index is 1.11. The number of methoxy groups -OCH3 is 1. The van der Waals surface area contributed by atoms with Crippen LogP contribution in [0.3, 0.4) is 0 Å². The summed E-state index contributed by atoms with van der Waals surface area (Å²) in [5.74, 6) is 0.979. The summed E-state index contributed by atoms with van der Waals surface area (Å²) in [5.41, 5.74) is 3.85. The molecule has 1 unspecified atom stereocenters. The Hall–Kier alpha value is -4.11. The first-order chi connectivity index (χ1) is 19.9. The molecular weight excluding hydrogens is 522 g/mol. The van der Waals surface area contributed by atoms with Gasteiger partial charge in [0.1, 0.15) is 24.7 Å². The van der Waals surface area contributed by atoms with Crippen molar-refractivity contribution in [3.63, 3.8) is 0 Å². The highest BCUT2D eigenvalue weighted by atomic mass is 16.5. The number of pyridine rings is 1. The lowest BCUT2D eigenvalue weighted by Gasteiger charge is -2.39. The maximum atomic E-state index is 13.1. The minimum atomic E-state index is -0.742. The third kappa shape index (κ3) is 6.97. The van der Waals surface area contributed by atoms with E-state index >= 15 is 0 Å². The van der Waals surface area contributed by atoms with Crippen molar-refractivity contribution in [3.05, 3.63) is 83.2 Å². The summed E-state index contributed by atoms with van der Waals surface area (Å²) in [6, 6.07) is 17.8. The van der Waals surface area contributed by atoms with Crippen LogP contribution in [0.1, 0.15) is 46.4 Å². The molecule has 2 aliphatic rings. The van der Waals surface area contributed by atoms with Crippen LogP contribution >= 0.6 is 0 Å². The molecule has 9 heteroatoms. The molecule has 1 N–H and O–H groups in total. The molecule has 9 nitrogen and oxygen atoms in total. The summed E-state index contributed by atoms with van der Waals surface area (Å²) in [5, 5.41) is 9.16. The van der Waals surface area contributed by atoms with E-state index in [0.717, 1.165) is 24.1 Å². The van der Waals surface area contributed by atoms with Gasteiger partial charge in [0.2, 0.25) is 0 Å². The molecule has 1 atom stereocenters. The topological polar surface area (TPSA) is 101 Å². The Labute approximate surface area is 240 Å². The van der Waals surface area contributed by atoms with Gasteiger partial charge in [-0.25, -0.2) is 0 Å². The third-order valence-corrected chi connectivity index (χ3v) is 7.90. The molecule has 2 aromatic carbocycles. The van der Waals surface area contributed by atoms with Crippen LogP contribution in [0, 0.1) is 5.92 Å². The molecule has 3 heterocycles. The maximum Gasteiger partial charge on any atom is 0.307 e. The summed E-state index contributed by atoms with van der Waals surface area (Å²) in [6.07, 6.45) is 3.26. The molecule has 41 heavy (non-hydrogen) atoms. The van der Waals surface area contributed by atoms with Gasteiger partial charge in [-0.2, -0.15) is 0 Å². The first kappa shape index (κ1) is 28.4. The van der Waals surface area contributed by atoms with Gasteiger partial charge in [0.25, 0.3) is 5.91 Å². The number of aromatic nitrogens is 1. The second-order valence-corrected chi connectivity index (χ2v) is 10.6. The number of aliphatic carboxylic acids is 1. The molecule has 216 valence electrons. The molecule has 0 radical (unpaired) electrons. The van der Waals surface area contributed by atoms with E-state index in [0.29, 0.717) is 68.8 Å². The van der Waals surface area contributed by atoms with E-state index in [4.69, 9.17) is 19.3 Å². The molecule has 2 saturated heterocycles. The van der Waals surface area contributed by atoms with E-state index in [1.54, 1.807) is 30.3 Å². The average Bonchev–Trinajstić information content (AvgIpc) is 3.45. The lowest BCUT2D eigenvalue weighted by atomic mass is 9.91. The number of likely N-dealkylation sites (tertiary alicyclic amines) is 2. The molecule has 1 amide bonds. The molecule has 0 aliphatic carbocycles. The van der Waals surface area contributed by atoms with Gasteiger partial charge in [-0.1, -0.05) is 37.3 Å². The van der Waals surface area contributed by atoms with Crippen molar-refractivity contribution in [2.75, 3.05) is 46.4 Å². The molecule has 2 aliphatic heterocycles. The summed E-state index contributed by atoms with van der Waals surface area (Å²) >= 11 is 0. The number of hydrogen-bond donors (Lipinski definition) is 1. The normalized spacial score (nSPS) is 17.2. The third-order valence-electron chi connectivity index (χ3n) is 7.90. The monoisotopic (exact) mass is 559 g/mol. The van der Waals surface area contributed by atoms with E-state index in [2.05, 4.69) is 41.1 Å². The predicted molar refractivity (Wildman–Crippen MR) is 154 cm³/mol. The van der Waals surface area contributed by atoms with Crippen molar-refractivity contribution in [2.45, 2.75) is 32.3 Å². The van der Waals surface area contributed by atoms with Crippen LogP contribution in [-0.4, -0.2) is 78.2 Å². The Morgan fingerprint density at radius 3 is 2.46 bits per heavy atom. The van der Waals surface area contributed by atoms with Gasteiger partial charge >= 0.3 is 5.97 Å². The number of carboxylic acid groups (broad SMARTS) is 1. The number of benzene rings is 2. The molecule has 5 rings (SSSR count). The molecule has 1 aromatic heterocycles. The van der Waals surface area contributed by atoms with Crippen LogP contribution in [0.2, 0.25) is 0 Å². The fourth-order valence-corrected chi connectivity index (χ4v) is 5.25. The zero-order valence-electron chi connectivity index (χ0n) is 23.6. The predicted octanol–water partition coefficient (Wildman–Crippen LogP) is 4.26. The van der Waals surface area contributed by atoms with Gasteiger partial charge in [-0.3, -0.25) is 19.5 Å². The largest absolute Gasteiger partial charge is 0.493 e. The smallest absolute Gasteiger partial charge is 0.307 e. The quantitative estimate of drug-likeness (QED) is 0.351. The molecule has 3 aromatic rings. The van der Waals surface area contributed by atoms with E-state index in [-0.39, 0.29) is 17.7 Å². The van der Waals surface area contributed by atoms with E-state index in [9.17, 15) is 9.59 Å². The van der Waals surface area contributed by atoms with Crippen molar-refractivity contribution >= 4 is 11.9 Å². The van der Waals surface area contributed by atoms with Gasteiger partial charge in [-0.05, 0) is 54.3 Å². The van der Waals surface area contributed by atoms with Crippen molar-refractivity contribution in [1.82, 2.24) is 14.8 Å². The second kappa shape index (κ2) is 13.0. The fraction of sp³-hybridized carbons (Fsp3) is 0.406. The van der Waals surface area contributed by atoms with Crippen LogP contribution in [-0.2, 0) is 17.8 Å². The van der Waals surface area contributed by atoms with E-state index in [1.807, 2.05) is 18.2 Å². The fourth-order valence-electron chi connectivity index (χ4n) is 5.25. The Kier molecular flexibility index (Phi) is 9.04. The Morgan fingerprint density at radius 2 is 1.76 bits per heavy atom. The standard InChI is InChI=1S/C32H37N3O6/c1-3-22-4-6-23(7-5-22)21-41-29-9-8-24(16-30(29)39-2)26-19-35(20-26)31(36)28-17-27(10-12-33-28)40-15-14-34-13-11-25(18-34)32(37)38/h4-10,12,16-17,25-26H,3,11,13-15,18-21H2,1-2H3,(H,37,38). The highest BCUT2D eigenvalue weighted by Gasteiger charge is 2.33. The summed E-state index contributed by atoms with van der Waals surface area (Å²) in [6.45, 7) is 6.15. The first-order valence-corrected chi connectivity index (χ1v) is 14.1. The Bertz CT molecular complexity index is 1360. The van der Waals surface area contributed by atoms with Gasteiger partial charge in [0, 0.05) is 44.4 Å². The number of nitrogens with zero attached hydrogens (tertiary/aromatic N) is 3. The summed E-state index contributed by atoms with van der Waals surface area (Å²) < 4.78 is 17.5. The molecule has 2 fully saturated rings. The SMILES string of the molecule is CCc1ccc(COc2ccc(C3CN(C(=O)c4cc(OCCN5CCC(C(=O)O)C5)ccn4)C3)cc2OC)cc1. The summed E-state index contributed by atoms with van der Waals surface area (Å²) in [7, 11) is 1.64. The zero-order valence-corrected chi connectivity index (χ0v) is 23.6. The maximum absolute atomic E-state index is 13.1. The van der Waals surface area contributed by atoms with Gasteiger partial charge in [-0.15, -0.1) is 0 Å². The van der Waals surface area contributed by atoms with Crippen LogP contribution in [0.4, 0.5) is 0 Å². The van der Waals surface area contributed by atoms with Crippen molar-refractivity contribution < 1.29 is 28.9 Å². The minimum absolute atomic E-state index is 0.128. The number of aryl methyl sites for hydroxylation is 1. The van der Waals surface area contributed by atoms with Gasteiger partial charge in [0.05, 0.1) is 13.0 Å². The van der Waals surface area contributed by atoms with Crippen molar-refractivity contribution in [3.8, 4) is 17.2 Å². The van der Waals surface area contributed by atoms with Crippen LogP contribution in [0.25, 0.3) is 0 Å². The second-order valence-electron chi connectivity index (χ2n) is 10.6. The van der Waals surface area contributed by atoms with E-state index < -0.39 is 5.97 Å². The van der Waals surface area contributed by atoms with Crippen LogP contribution in [0.5, 0.6) is 17.2 Å². The number of carbonyl (C=O) groups excluding carboxylic acids is 1. The molecule has 0 bridgehead atoms. The summed E-state index contributed by atoms with van der Waals surface area (Å²) in [4.78, 5) is 32.4. The minimum Gasteiger partial charge on any atom is -0.493 e. The lowest BCUT2D eigenvalue weighted by molar-refractivity contribution is -0.141. The highest BCUT2D eigenvalue weighted by Crippen LogP contribution is 2.35. The number of carbonyl (C=O) groups is 2. The molecular formula is C32H37N3O6. The van der Waals surface area contributed by atoms with E-state index in [1.165, 1.54) is 5.56 Å². The lowest BCUT2D eigenvalue weighted by Crippen LogP contribution is -2.48. The van der Waals surface area contributed by atoms with Gasteiger partial charge in [0.15, 0.2) is 11.5 Å². The Morgan fingerprint density at radius 1 is 0.976 bits per heavy atom. The van der Waals surface area contributed by atoms with Crippen molar-refractivity contribution in [2.24, 2.45) is 5.92 Å². The zero-order chi connectivity index (χ0) is 28.8. The molecule has 0 saturated carbocycles. The number of ether oxygens (including phenoxy) is 3. The average molecular weight is 560 g/mol. The van der Waals surface area contributed by atoms with Crippen LogP contribution in [0.15, 0.2) is 60.8 Å². The number of amides is 1. The number of rotatable bonds is 12. The molecule has 0 spiro atoms. The number of hydrogen-bond acceptors (Lipinski definition) is 7. The van der Waals surface area contributed by atoms with Crippen molar-refractivity contribution in [1.29, 1.82) is 0 Å². The number of carboxylic acids is 1. The van der Waals surface area contributed by atoms with Crippen LogP contribution < -0.4 is 14.2 Å².